The van der Waals surface area contributed by atoms with Crippen LogP contribution in [0.25, 0.3) is 5.69 Å². The van der Waals surface area contributed by atoms with Gasteiger partial charge < -0.3 is 5.73 Å². The number of sulfonamides is 1. The highest BCUT2D eigenvalue weighted by atomic mass is 32.2. The first-order valence-electron chi connectivity index (χ1n) is 11.0. The molecular weight excluding hydrogens is 445 g/mol. The zero-order valence-corrected chi connectivity index (χ0v) is 19.6. The lowest BCUT2D eigenvalue weighted by molar-refractivity contribution is -0.128. The summed E-state index contributed by atoms with van der Waals surface area (Å²) in [7, 11) is -3.65. The Morgan fingerprint density at radius 2 is 2.03 bits per heavy atom. The third-order valence-electron chi connectivity index (χ3n) is 7.66. The number of halogens is 1. The molecule has 0 aliphatic heterocycles. The van der Waals surface area contributed by atoms with E-state index in [-0.39, 0.29) is 40.8 Å². The molecule has 2 unspecified atom stereocenters. The van der Waals surface area contributed by atoms with Gasteiger partial charge >= 0.3 is 0 Å². The molecule has 1 aromatic heterocycles. The molecule has 0 saturated heterocycles. The summed E-state index contributed by atoms with van der Waals surface area (Å²) in [6.07, 6.45) is 2.72. The minimum absolute atomic E-state index is 0.0644. The van der Waals surface area contributed by atoms with Crippen molar-refractivity contribution in [2.24, 2.45) is 16.7 Å². The Labute approximate surface area is 193 Å². The Morgan fingerprint density at radius 3 is 2.61 bits per heavy atom. The number of benzene rings is 1. The monoisotopic (exact) mass is 473 g/mol. The maximum Gasteiger partial charge on any atom is 0.212 e. The van der Waals surface area contributed by atoms with Crippen LogP contribution in [0.2, 0.25) is 0 Å². The largest absolute Gasteiger partial charge is 0.382 e. The number of Topliss-reactive ketones (excluding diaryl/α,β-unsaturated/α-hetero) is 1. The second-order valence-corrected chi connectivity index (χ2v) is 11.4. The molecule has 10 heteroatoms. The Balaban J connectivity index is 1.40. The predicted octanol–water partition coefficient (Wildman–Crippen LogP) is 2.71. The number of fused-ring (bicyclic) bond motifs is 2. The fourth-order valence-electron chi connectivity index (χ4n) is 5.52. The number of aryl methyl sites for hydroxylation is 1. The molecule has 2 fully saturated rings. The van der Waals surface area contributed by atoms with Crippen molar-refractivity contribution in [2.45, 2.75) is 46.0 Å². The van der Waals surface area contributed by atoms with Crippen LogP contribution in [-0.2, 0) is 21.2 Å². The van der Waals surface area contributed by atoms with Crippen molar-refractivity contribution in [1.82, 2.24) is 14.5 Å². The highest BCUT2D eigenvalue weighted by Gasteiger charge is 2.65. The first-order valence-corrected chi connectivity index (χ1v) is 12.7. The molecule has 1 aromatic carbocycles. The van der Waals surface area contributed by atoms with Gasteiger partial charge in [0.1, 0.15) is 29.1 Å². The van der Waals surface area contributed by atoms with Crippen molar-refractivity contribution in [2.75, 3.05) is 18.0 Å². The Morgan fingerprint density at radius 1 is 1.33 bits per heavy atom. The molecule has 2 aliphatic carbocycles. The van der Waals surface area contributed by atoms with Gasteiger partial charge in [0.25, 0.3) is 0 Å². The molecule has 176 valence electrons. The van der Waals surface area contributed by atoms with Crippen LogP contribution in [0.1, 0.15) is 50.8 Å². The second-order valence-electron chi connectivity index (χ2n) is 9.63. The normalized spacial score (nSPS) is 23.7. The lowest BCUT2D eigenvalue weighted by Gasteiger charge is -2.36. The lowest BCUT2D eigenvalue weighted by Crippen LogP contribution is -2.45. The number of hydrogen-bond acceptors (Lipinski definition) is 6. The van der Waals surface area contributed by atoms with Crippen molar-refractivity contribution in [3.8, 4) is 11.8 Å². The number of nitrogens with zero attached hydrogens (tertiary/aromatic N) is 3. The van der Waals surface area contributed by atoms with E-state index in [4.69, 9.17) is 5.73 Å². The molecule has 2 bridgehead atoms. The van der Waals surface area contributed by atoms with E-state index in [1.807, 2.05) is 19.9 Å². The number of nitrogens with one attached hydrogen (secondary N) is 1. The van der Waals surface area contributed by atoms with Gasteiger partial charge in [-0.2, -0.15) is 10.4 Å². The number of rotatable bonds is 8. The van der Waals surface area contributed by atoms with Crippen molar-refractivity contribution >= 4 is 21.6 Å². The van der Waals surface area contributed by atoms with Crippen LogP contribution in [0.4, 0.5) is 10.2 Å². The summed E-state index contributed by atoms with van der Waals surface area (Å²) < 4.78 is 42.8. The number of ketones is 1. The Hall–Kier alpha value is -2.77. The number of anilines is 1. The van der Waals surface area contributed by atoms with Gasteiger partial charge in [0.15, 0.2) is 0 Å². The second kappa shape index (κ2) is 8.22. The van der Waals surface area contributed by atoms with E-state index in [1.165, 1.54) is 28.9 Å². The van der Waals surface area contributed by atoms with E-state index in [0.717, 1.165) is 6.42 Å². The fraction of sp³-hybridized carbons (Fsp3) is 0.522. The molecule has 0 radical (unpaired) electrons. The third-order valence-corrected chi connectivity index (χ3v) is 9.18. The summed E-state index contributed by atoms with van der Waals surface area (Å²) in [5, 5.41) is 13.9. The highest BCUT2D eigenvalue weighted by molar-refractivity contribution is 7.89. The predicted molar refractivity (Wildman–Crippen MR) is 121 cm³/mol. The van der Waals surface area contributed by atoms with Crippen LogP contribution in [0.15, 0.2) is 24.3 Å². The van der Waals surface area contributed by atoms with Gasteiger partial charge in [-0.1, -0.05) is 13.8 Å². The van der Waals surface area contributed by atoms with Crippen LogP contribution in [-0.4, -0.2) is 36.3 Å². The maximum absolute atomic E-state index is 13.2. The third kappa shape index (κ3) is 3.93. The van der Waals surface area contributed by atoms with E-state index in [0.29, 0.717) is 37.1 Å². The minimum Gasteiger partial charge on any atom is -0.382 e. The molecule has 1 heterocycles. The van der Waals surface area contributed by atoms with Crippen LogP contribution in [0.5, 0.6) is 0 Å². The van der Waals surface area contributed by atoms with Crippen molar-refractivity contribution < 1.29 is 17.6 Å². The number of nitrogens with two attached hydrogens (primary N) is 1. The van der Waals surface area contributed by atoms with Crippen LogP contribution < -0.4 is 10.5 Å². The van der Waals surface area contributed by atoms with Gasteiger partial charge in [0, 0.05) is 18.4 Å². The summed E-state index contributed by atoms with van der Waals surface area (Å²) >= 11 is 0. The van der Waals surface area contributed by atoms with Gasteiger partial charge in [0.2, 0.25) is 10.0 Å². The fourth-order valence-corrected chi connectivity index (χ4v) is 7.40. The molecule has 0 amide bonds. The number of hydrogen-bond donors (Lipinski definition) is 2. The first-order chi connectivity index (χ1) is 15.5. The van der Waals surface area contributed by atoms with Crippen LogP contribution in [0, 0.1) is 33.9 Å². The summed E-state index contributed by atoms with van der Waals surface area (Å²) in [5.74, 6) is -0.108. The first kappa shape index (κ1) is 23.4. The van der Waals surface area contributed by atoms with Gasteiger partial charge in [-0.25, -0.2) is 22.2 Å². The number of nitriles is 1. The van der Waals surface area contributed by atoms with E-state index in [9.17, 15) is 22.9 Å². The van der Waals surface area contributed by atoms with Gasteiger partial charge in [0.05, 0.1) is 17.1 Å². The molecule has 3 N–H and O–H groups in total. The highest BCUT2D eigenvalue weighted by Crippen LogP contribution is 2.64. The molecule has 4 rings (SSSR count). The summed E-state index contributed by atoms with van der Waals surface area (Å²) in [6, 6.07) is 7.62. The number of carbonyl (C=O) groups excluding carboxylic acids is 1. The zero-order valence-electron chi connectivity index (χ0n) is 18.8. The maximum atomic E-state index is 13.2. The summed E-state index contributed by atoms with van der Waals surface area (Å²) in [6.45, 7) is 4.18. The molecule has 2 aliphatic rings. The van der Waals surface area contributed by atoms with Gasteiger partial charge in [-0.3, -0.25) is 4.79 Å². The summed E-state index contributed by atoms with van der Waals surface area (Å²) in [4.78, 5) is 12.6. The van der Waals surface area contributed by atoms with E-state index in [1.54, 1.807) is 0 Å². The molecule has 0 spiro atoms. The average Bonchev–Trinajstić information content (AvgIpc) is 3.26. The SMILES string of the molecule is CC1(C)C2CCC1(CS(=O)(=O)NCCCc1nn(-c3ccc(F)cc3)c(N)c1C#N)C(=O)C2. The van der Waals surface area contributed by atoms with Crippen LogP contribution in [0.3, 0.4) is 0 Å². The zero-order chi connectivity index (χ0) is 24.0. The van der Waals surface area contributed by atoms with Crippen molar-refractivity contribution in [3.63, 3.8) is 0 Å². The van der Waals surface area contributed by atoms with E-state index >= 15 is 0 Å². The average molecular weight is 474 g/mol. The lowest BCUT2D eigenvalue weighted by atomic mass is 9.70. The van der Waals surface area contributed by atoms with Crippen molar-refractivity contribution in [3.05, 3.63) is 41.3 Å². The standard InChI is InChI=1S/C23H28FN5O3S/c1-22(2)15-9-10-23(22,20(30)12-15)14-33(31,32)27-11-3-4-19-18(13-25)21(26)29(28-19)17-7-5-16(24)6-8-17/h5-8,15,27H,3-4,9-12,14,26H2,1-2H3. The molecule has 2 saturated carbocycles. The van der Waals surface area contributed by atoms with Gasteiger partial charge in [-0.05, 0) is 61.3 Å². The smallest absolute Gasteiger partial charge is 0.212 e. The summed E-state index contributed by atoms with van der Waals surface area (Å²) in [5.41, 5.74) is 6.13. The van der Waals surface area contributed by atoms with Gasteiger partial charge in [-0.15, -0.1) is 0 Å². The molecule has 2 aromatic rings. The minimum atomic E-state index is -3.65. The topological polar surface area (TPSA) is 131 Å². The van der Waals surface area contributed by atoms with E-state index in [2.05, 4.69) is 9.82 Å². The Bertz CT molecular complexity index is 1230. The molecular formula is C23H28FN5O3S. The molecule has 2 atom stereocenters. The van der Waals surface area contributed by atoms with Crippen LogP contribution >= 0.6 is 0 Å². The van der Waals surface area contributed by atoms with Crippen molar-refractivity contribution in [1.29, 1.82) is 5.26 Å². The molecule has 8 nitrogen and oxygen atoms in total. The number of carbonyl (C=O) groups is 1. The number of aromatic nitrogens is 2. The Kier molecular flexibility index (Phi) is 5.83. The quantitative estimate of drug-likeness (QED) is 0.567. The number of nitrogen functional groups attached to an aromatic ring is 1. The molecule has 33 heavy (non-hydrogen) atoms. The van der Waals surface area contributed by atoms with E-state index < -0.39 is 21.3 Å².